The van der Waals surface area contributed by atoms with Crippen LogP contribution in [0.15, 0.2) is 23.3 Å². The fourth-order valence-corrected chi connectivity index (χ4v) is 1.69. The molecule has 1 aromatic rings. The first-order chi connectivity index (χ1) is 8.20. The van der Waals surface area contributed by atoms with E-state index in [2.05, 4.69) is 21.4 Å². The first-order valence-corrected chi connectivity index (χ1v) is 5.54. The van der Waals surface area contributed by atoms with Crippen molar-refractivity contribution in [2.45, 2.75) is 6.04 Å². The van der Waals surface area contributed by atoms with Gasteiger partial charge in [-0.2, -0.15) is 5.26 Å². The van der Waals surface area contributed by atoms with Crippen molar-refractivity contribution in [3.63, 3.8) is 0 Å². The van der Waals surface area contributed by atoms with Crippen LogP contribution in [0.5, 0.6) is 0 Å². The monoisotopic (exact) mass is 269 g/mol. The van der Waals surface area contributed by atoms with E-state index in [4.69, 9.17) is 34.0 Å². The molecule has 0 aliphatic rings. The van der Waals surface area contributed by atoms with Crippen molar-refractivity contribution in [1.29, 1.82) is 5.26 Å². The molecular weight excluding hydrogens is 261 g/mol. The number of rotatable bonds is 5. The Morgan fingerprint density at radius 1 is 1.53 bits per heavy atom. The molecular formula is C10H9Cl2N5. The lowest BCUT2D eigenvalue weighted by molar-refractivity contribution is 0.635. The van der Waals surface area contributed by atoms with Gasteiger partial charge in [0.15, 0.2) is 0 Å². The summed E-state index contributed by atoms with van der Waals surface area (Å²) in [7, 11) is 0. The van der Waals surface area contributed by atoms with E-state index in [1.165, 1.54) is 0 Å². The summed E-state index contributed by atoms with van der Waals surface area (Å²) in [5.41, 5.74) is 8.73. The summed E-state index contributed by atoms with van der Waals surface area (Å²) in [4.78, 5) is 2.62. The van der Waals surface area contributed by atoms with Gasteiger partial charge in [-0.05, 0) is 11.6 Å². The molecule has 1 aromatic carbocycles. The topological polar surface area (TPSA) is 84.6 Å². The van der Waals surface area contributed by atoms with Gasteiger partial charge >= 0.3 is 0 Å². The molecule has 0 heterocycles. The Hall–Kier alpha value is -1.44. The van der Waals surface area contributed by atoms with Gasteiger partial charge in [0.25, 0.3) is 0 Å². The normalized spacial score (nSPS) is 11.4. The zero-order valence-corrected chi connectivity index (χ0v) is 10.3. The molecule has 0 spiro atoms. The lowest BCUT2D eigenvalue weighted by Crippen LogP contribution is -2.23. The maximum absolute atomic E-state index is 9.03. The molecule has 88 valence electrons. The third kappa shape index (κ3) is 3.81. The number of hydrogen-bond acceptors (Lipinski definition) is 3. The highest BCUT2D eigenvalue weighted by Crippen LogP contribution is 2.29. The second-order valence-corrected chi connectivity index (χ2v) is 3.90. The summed E-state index contributed by atoms with van der Waals surface area (Å²) < 4.78 is 0. The molecule has 0 fully saturated rings. The van der Waals surface area contributed by atoms with Crippen molar-refractivity contribution in [3.8, 4) is 6.07 Å². The largest absolute Gasteiger partial charge is 0.298 e. The van der Waals surface area contributed by atoms with Crippen LogP contribution in [0.2, 0.25) is 10.0 Å². The number of benzene rings is 1. The second kappa shape index (κ2) is 7.00. The summed E-state index contributed by atoms with van der Waals surface area (Å²) in [6.45, 7) is 0.665. The maximum Gasteiger partial charge on any atom is 0.122 e. The van der Waals surface area contributed by atoms with Crippen LogP contribution in [0, 0.1) is 11.3 Å². The first kappa shape index (κ1) is 13.6. The van der Waals surface area contributed by atoms with E-state index >= 15 is 0 Å². The van der Waals surface area contributed by atoms with Gasteiger partial charge in [-0.25, -0.2) is 0 Å². The molecule has 1 N–H and O–H groups in total. The van der Waals surface area contributed by atoms with Gasteiger partial charge in [0, 0.05) is 23.6 Å². The van der Waals surface area contributed by atoms with Crippen molar-refractivity contribution in [2.24, 2.45) is 5.11 Å². The van der Waals surface area contributed by atoms with Crippen molar-refractivity contribution in [2.75, 3.05) is 13.1 Å². The average Bonchev–Trinajstić information content (AvgIpc) is 2.34. The quantitative estimate of drug-likeness (QED) is 0.384. The third-order valence-electron chi connectivity index (χ3n) is 2.05. The minimum atomic E-state index is -0.574. The summed E-state index contributed by atoms with van der Waals surface area (Å²) in [6, 6.07) is 6.60. The maximum atomic E-state index is 9.03. The van der Waals surface area contributed by atoms with E-state index in [9.17, 15) is 0 Å². The fourth-order valence-electron chi connectivity index (χ4n) is 1.27. The Kier molecular flexibility index (Phi) is 5.61. The van der Waals surface area contributed by atoms with E-state index in [1.54, 1.807) is 18.2 Å². The number of halogens is 2. The van der Waals surface area contributed by atoms with E-state index in [-0.39, 0.29) is 6.54 Å². The molecule has 1 atom stereocenters. The van der Waals surface area contributed by atoms with Crippen molar-refractivity contribution >= 4 is 23.2 Å². The number of nitrogens with one attached hydrogen (secondary N) is 1. The highest BCUT2D eigenvalue weighted by molar-refractivity contribution is 6.42. The van der Waals surface area contributed by atoms with Crippen molar-refractivity contribution in [3.05, 3.63) is 44.3 Å². The van der Waals surface area contributed by atoms with Crippen LogP contribution in [0.4, 0.5) is 0 Å². The summed E-state index contributed by atoms with van der Waals surface area (Å²) in [5, 5.41) is 16.1. The molecule has 1 unspecified atom stereocenters. The zero-order chi connectivity index (χ0) is 12.7. The Morgan fingerprint density at radius 3 is 2.94 bits per heavy atom. The SMILES string of the molecule is N#CC(NCCN=[N+]=[N-])c1cccc(Cl)c1Cl. The first-order valence-electron chi connectivity index (χ1n) is 4.78. The van der Waals surface area contributed by atoms with Crippen LogP contribution in [-0.4, -0.2) is 13.1 Å². The minimum Gasteiger partial charge on any atom is -0.298 e. The van der Waals surface area contributed by atoms with Crippen LogP contribution in [0.25, 0.3) is 10.4 Å². The van der Waals surface area contributed by atoms with Gasteiger partial charge in [-0.3, -0.25) is 5.32 Å². The summed E-state index contributed by atoms with van der Waals surface area (Å²) >= 11 is 11.9. The lowest BCUT2D eigenvalue weighted by Gasteiger charge is -2.13. The molecule has 5 nitrogen and oxygen atoms in total. The number of azide groups is 1. The molecule has 0 radical (unpaired) electrons. The van der Waals surface area contributed by atoms with Crippen LogP contribution in [0.1, 0.15) is 11.6 Å². The summed E-state index contributed by atoms with van der Waals surface area (Å²) in [6.07, 6.45) is 0. The van der Waals surface area contributed by atoms with Gasteiger partial charge < -0.3 is 0 Å². The Morgan fingerprint density at radius 2 is 2.29 bits per heavy atom. The molecule has 1 rings (SSSR count). The van der Waals surface area contributed by atoms with Crippen molar-refractivity contribution < 1.29 is 0 Å². The van der Waals surface area contributed by atoms with Crippen molar-refractivity contribution in [1.82, 2.24) is 5.32 Å². The van der Waals surface area contributed by atoms with Gasteiger partial charge in [0.2, 0.25) is 0 Å². The second-order valence-electron chi connectivity index (χ2n) is 3.11. The van der Waals surface area contributed by atoms with Crippen LogP contribution >= 0.6 is 23.2 Å². The standard InChI is InChI=1S/C10H9Cl2N5/c11-8-3-1-2-7(10(8)12)9(6-13)15-4-5-16-17-14/h1-3,9,15H,4-5H2. The van der Waals surface area contributed by atoms with E-state index < -0.39 is 6.04 Å². The van der Waals surface area contributed by atoms with E-state index in [0.29, 0.717) is 22.2 Å². The number of nitriles is 1. The highest BCUT2D eigenvalue weighted by atomic mass is 35.5. The zero-order valence-electron chi connectivity index (χ0n) is 8.77. The van der Waals surface area contributed by atoms with Crippen LogP contribution in [-0.2, 0) is 0 Å². The van der Waals surface area contributed by atoms with Crippen LogP contribution in [0.3, 0.4) is 0 Å². The van der Waals surface area contributed by atoms with Crippen LogP contribution < -0.4 is 5.32 Å². The van der Waals surface area contributed by atoms with E-state index in [1.807, 2.05) is 0 Å². The fraction of sp³-hybridized carbons (Fsp3) is 0.300. The Labute approximate surface area is 109 Å². The summed E-state index contributed by atoms with van der Waals surface area (Å²) in [5.74, 6) is 0. The predicted octanol–water partition coefficient (Wildman–Crippen LogP) is 3.46. The molecule has 17 heavy (non-hydrogen) atoms. The Balaban J connectivity index is 2.77. The third-order valence-corrected chi connectivity index (χ3v) is 2.88. The molecule has 7 heteroatoms. The lowest BCUT2D eigenvalue weighted by atomic mass is 10.1. The highest BCUT2D eigenvalue weighted by Gasteiger charge is 2.14. The molecule has 0 saturated carbocycles. The average molecular weight is 270 g/mol. The number of hydrogen-bond donors (Lipinski definition) is 1. The molecule has 0 bridgehead atoms. The number of nitrogens with zero attached hydrogens (tertiary/aromatic N) is 4. The minimum absolute atomic E-state index is 0.271. The van der Waals surface area contributed by atoms with Gasteiger partial charge in [0.05, 0.1) is 16.1 Å². The molecule has 0 saturated heterocycles. The van der Waals surface area contributed by atoms with Gasteiger partial charge in [-0.15, -0.1) is 0 Å². The van der Waals surface area contributed by atoms with Gasteiger partial charge in [-0.1, -0.05) is 40.4 Å². The molecule has 0 aromatic heterocycles. The molecule has 0 aliphatic carbocycles. The smallest absolute Gasteiger partial charge is 0.122 e. The predicted molar refractivity (Wildman–Crippen MR) is 66.8 cm³/mol. The van der Waals surface area contributed by atoms with E-state index in [0.717, 1.165) is 0 Å². The Bertz CT molecular complexity index is 476. The van der Waals surface area contributed by atoms with Gasteiger partial charge in [0.1, 0.15) is 6.04 Å². The molecule has 0 aliphatic heterocycles. The molecule has 0 amide bonds.